The number of rotatable bonds is 4. The van der Waals surface area contributed by atoms with Crippen LogP contribution in [0.25, 0.3) is 12.2 Å². The van der Waals surface area contributed by atoms with E-state index in [9.17, 15) is 0 Å². The van der Waals surface area contributed by atoms with E-state index < -0.39 is 23.2 Å². The van der Waals surface area contributed by atoms with E-state index in [2.05, 4.69) is 74.5 Å². The quantitative estimate of drug-likeness (QED) is 0.598. The Labute approximate surface area is 150 Å². The summed E-state index contributed by atoms with van der Waals surface area (Å²) in [5, 5.41) is 0. The van der Waals surface area contributed by atoms with E-state index in [1.165, 1.54) is 24.0 Å². The molecule has 0 saturated heterocycles. The Bertz CT molecular complexity index is 730. The molecule has 0 amide bonds. The summed E-state index contributed by atoms with van der Waals surface area (Å²) in [5.74, 6) is 0. The topological polar surface area (TPSA) is 0 Å². The van der Waals surface area contributed by atoms with Gasteiger partial charge in [0.15, 0.2) is 0 Å². The molecule has 0 heterocycles. The molecule has 0 radical (unpaired) electrons. The van der Waals surface area contributed by atoms with Crippen molar-refractivity contribution in [1.82, 2.24) is 0 Å². The normalized spacial score (nSPS) is 21.5. The number of benzene rings is 2. The molecule has 1 heteroatoms. The van der Waals surface area contributed by atoms with Gasteiger partial charge in [0, 0.05) is 0 Å². The van der Waals surface area contributed by atoms with Crippen LogP contribution in [0.4, 0.5) is 0 Å². The second-order valence-corrected chi connectivity index (χ2v) is 10.1. The second-order valence-electron chi connectivity index (χ2n) is 6.44. The zero-order valence-corrected chi connectivity index (χ0v) is 16.3. The van der Waals surface area contributed by atoms with Crippen molar-refractivity contribution < 1.29 is 23.2 Å². The van der Waals surface area contributed by atoms with Gasteiger partial charge in [-0.15, -0.1) is 0 Å². The van der Waals surface area contributed by atoms with Crippen LogP contribution < -0.4 is 0 Å². The van der Waals surface area contributed by atoms with E-state index >= 15 is 0 Å². The van der Waals surface area contributed by atoms with E-state index in [4.69, 9.17) is 0 Å². The van der Waals surface area contributed by atoms with Crippen LogP contribution in [0.5, 0.6) is 0 Å². The van der Waals surface area contributed by atoms with Gasteiger partial charge in [-0.05, 0) is 0 Å². The van der Waals surface area contributed by atoms with Crippen molar-refractivity contribution in [2.45, 2.75) is 33.9 Å². The molecular formula is C22H22Zr. The zero-order chi connectivity index (χ0) is 15.8. The Morgan fingerprint density at radius 1 is 0.696 bits per heavy atom. The third-order valence-corrected chi connectivity index (χ3v) is 10.2. The van der Waals surface area contributed by atoms with Crippen molar-refractivity contribution in [3.63, 3.8) is 0 Å². The Morgan fingerprint density at radius 2 is 1.13 bits per heavy atom. The first kappa shape index (κ1) is 15.3. The van der Waals surface area contributed by atoms with E-state index in [1.54, 1.807) is 22.3 Å². The summed E-state index contributed by atoms with van der Waals surface area (Å²) in [6, 6.07) is 18.1. The molecule has 0 bridgehead atoms. The maximum absolute atomic E-state index is 2.47. The van der Waals surface area contributed by atoms with Crippen LogP contribution in [-0.2, 0) is 23.2 Å². The van der Waals surface area contributed by atoms with Gasteiger partial charge in [0.2, 0.25) is 0 Å². The molecule has 0 saturated carbocycles. The van der Waals surface area contributed by atoms with Crippen LogP contribution in [0.2, 0.25) is 0 Å². The molecule has 0 spiro atoms. The minimum atomic E-state index is -0.648. The van der Waals surface area contributed by atoms with Crippen molar-refractivity contribution in [3.05, 3.63) is 81.9 Å². The van der Waals surface area contributed by atoms with Crippen LogP contribution in [0.15, 0.2) is 59.7 Å². The van der Waals surface area contributed by atoms with Crippen molar-refractivity contribution in [2.75, 3.05) is 0 Å². The third-order valence-electron chi connectivity index (χ3n) is 5.19. The first-order valence-corrected chi connectivity index (χ1v) is 11.5. The Balaban J connectivity index is 1.70. The van der Waals surface area contributed by atoms with Gasteiger partial charge in [0.1, 0.15) is 0 Å². The second kappa shape index (κ2) is 6.36. The molecule has 4 rings (SSSR count). The minimum absolute atomic E-state index is 0.648. The van der Waals surface area contributed by atoms with E-state index in [0.29, 0.717) is 0 Å². The van der Waals surface area contributed by atoms with Gasteiger partial charge in [-0.2, -0.15) is 0 Å². The molecule has 23 heavy (non-hydrogen) atoms. The number of hydrogen-bond donors (Lipinski definition) is 0. The van der Waals surface area contributed by atoms with E-state index in [-0.39, 0.29) is 0 Å². The van der Waals surface area contributed by atoms with Crippen LogP contribution in [0.3, 0.4) is 0 Å². The summed E-state index contributed by atoms with van der Waals surface area (Å²) in [7, 11) is 0. The summed E-state index contributed by atoms with van der Waals surface area (Å²) in [6.07, 6.45) is 7.33. The van der Waals surface area contributed by atoms with Crippen LogP contribution in [0, 0.1) is 0 Å². The summed E-state index contributed by atoms with van der Waals surface area (Å²) >= 11 is -0.648. The van der Waals surface area contributed by atoms with Crippen LogP contribution in [0.1, 0.15) is 56.2 Å². The molecular weight excluding hydrogens is 355 g/mol. The fourth-order valence-electron chi connectivity index (χ4n) is 3.95. The average Bonchev–Trinajstić information content (AvgIpc) is 3.14. The molecule has 2 aliphatic rings. The van der Waals surface area contributed by atoms with Gasteiger partial charge in [0.05, 0.1) is 0 Å². The molecule has 2 aromatic carbocycles. The molecule has 2 unspecified atom stereocenters. The number of allylic oxidation sites excluding steroid dienone is 2. The molecule has 0 aliphatic heterocycles. The molecule has 0 fully saturated rings. The molecule has 114 valence electrons. The van der Waals surface area contributed by atoms with Crippen molar-refractivity contribution in [2.24, 2.45) is 0 Å². The molecule has 2 atom stereocenters. The summed E-state index contributed by atoms with van der Waals surface area (Å²) in [4.78, 5) is 0. The summed E-state index contributed by atoms with van der Waals surface area (Å²) in [5.41, 5.74) is 9.52. The Morgan fingerprint density at radius 3 is 1.57 bits per heavy atom. The first-order valence-electron chi connectivity index (χ1n) is 8.66. The fraction of sp³-hybridized carbons (Fsp3) is 0.273. The van der Waals surface area contributed by atoms with Gasteiger partial charge in [0.25, 0.3) is 0 Å². The Hall–Kier alpha value is -1.20. The summed E-state index contributed by atoms with van der Waals surface area (Å²) < 4.78 is 1.51. The molecule has 2 aliphatic carbocycles. The van der Waals surface area contributed by atoms with Crippen LogP contribution in [-0.4, -0.2) is 0 Å². The van der Waals surface area contributed by atoms with Gasteiger partial charge in [-0.1, -0.05) is 0 Å². The van der Waals surface area contributed by atoms with Gasteiger partial charge < -0.3 is 0 Å². The van der Waals surface area contributed by atoms with E-state index in [1.807, 2.05) is 0 Å². The maximum atomic E-state index is 2.47. The monoisotopic (exact) mass is 376 g/mol. The zero-order valence-electron chi connectivity index (χ0n) is 13.8. The van der Waals surface area contributed by atoms with Gasteiger partial charge >= 0.3 is 151 Å². The van der Waals surface area contributed by atoms with Gasteiger partial charge in [-0.3, -0.25) is 0 Å². The standard InChI is InChI=1S/2C11H11.Zr/c2*1-2-9-7-10-5-3-4-6-11(10)8-9;/h2*3-8H,2H2,1H3;. The van der Waals surface area contributed by atoms with Crippen molar-refractivity contribution in [1.29, 1.82) is 0 Å². The van der Waals surface area contributed by atoms with Gasteiger partial charge in [-0.25, -0.2) is 0 Å². The summed E-state index contributed by atoms with van der Waals surface area (Å²) in [6.45, 7) is 4.65. The van der Waals surface area contributed by atoms with Crippen LogP contribution >= 0.6 is 0 Å². The Kier molecular flexibility index (Phi) is 4.24. The van der Waals surface area contributed by atoms with Crippen molar-refractivity contribution >= 4 is 12.2 Å². The first-order chi connectivity index (χ1) is 11.3. The SMILES string of the molecule is CCC1=Cc2ccccc2[CH]1[Zr][CH]1C(CC)=Cc2ccccc21. The predicted octanol–water partition coefficient (Wildman–Crippen LogP) is 6.17. The number of hydrogen-bond acceptors (Lipinski definition) is 0. The fourth-order valence-corrected chi connectivity index (χ4v) is 9.41. The predicted molar refractivity (Wildman–Crippen MR) is 94.9 cm³/mol. The molecule has 2 aromatic rings. The molecule has 0 nitrogen and oxygen atoms in total. The van der Waals surface area contributed by atoms with Crippen molar-refractivity contribution in [3.8, 4) is 0 Å². The average molecular weight is 378 g/mol. The van der Waals surface area contributed by atoms with E-state index in [0.717, 1.165) is 7.25 Å². The molecule has 0 N–H and O–H groups in total. The third kappa shape index (κ3) is 2.64. The molecule has 0 aromatic heterocycles. The number of fused-ring (bicyclic) bond motifs is 2.